The van der Waals surface area contributed by atoms with Crippen LogP contribution in [0.1, 0.15) is 150 Å². The number of nitrogens with zero attached hydrogens (tertiary/aromatic N) is 2. The summed E-state index contributed by atoms with van der Waals surface area (Å²) in [5.41, 5.74) is 0. The molecule has 0 saturated carbocycles. The number of fused-ring (bicyclic) bond motifs is 2. The summed E-state index contributed by atoms with van der Waals surface area (Å²) in [6, 6.07) is -13.2. The zero-order valence-electron chi connectivity index (χ0n) is 50.8. The Hall–Kier alpha value is -8.25. The van der Waals surface area contributed by atoms with Crippen LogP contribution in [0, 0.1) is 11.8 Å². The molecule has 88 heavy (non-hydrogen) atoms. The molecule has 12 amide bonds. The average molecular weight is 1250 g/mol. The number of carbonyl (C=O) groups is 15. The summed E-state index contributed by atoms with van der Waals surface area (Å²) < 4.78 is 0. The van der Waals surface area contributed by atoms with Crippen molar-refractivity contribution in [2.75, 3.05) is 39.3 Å². The predicted molar refractivity (Wildman–Crippen MR) is 311 cm³/mol. The molecule has 0 radical (unpaired) electrons. The number of amides is 12. The van der Waals surface area contributed by atoms with Crippen LogP contribution in [-0.2, 0) is 71.9 Å². The van der Waals surface area contributed by atoms with Crippen LogP contribution in [0.15, 0.2) is 12.2 Å². The van der Waals surface area contributed by atoms with Gasteiger partial charge >= 0.3 is 17.9 Å². The quantitative estimate of drug-likeness (QED) is 0.0366. The molecule has 0 spiro atoms. The normalized spacial score (nSPS) is 24.1. The second-order valence-corrected chi connectivity index (χ2v) is 22.8. The number of piperidine rings is 1. The molecule has 0 aliphatic carbocycles. The highest BCUT2D eigenvalue weighted by molar-refractivity contribution is 6.00. The molecule has 3 aliphatic rings. The first-order valence-corrected chi connectivity index (χ1v) is 30.1. The molecule has 0 aromatic heterocycles. The first kappa shape index (κ1) is 74.0. The van der Waals surface area contributed by atoms with E-state index in [2.05, 4.69) is 67.0 Å². The number of aliphatic hydroxyl groups excluding tert-OH is 1. The number of rotatable bonds is 23. The predicted octanol–water partition coefficient (Wildman–Crippen LogP) is -2.68. The van der Waals surface area contributed by atoms with E-state index in [0.29, 0.717) is 25.2 Å². The topological polar surface area (TPSA) is 464 Å². The smallest absolute Gasteiger partial charge is 0.305 e. The van der Waals surface area contributed by atoms with Gasteiger partial charge in [-0.1, -0.05) is 85.1 Å². The Bertz CT molecular complexity index is 2530. The van der Waals surface area contributed by atoms with Gasteiger partial charge in [-0.15, -0.1) is 0 Å². The molecule has 492 valence electrons. The Morgan fingerprint density at radius 3 is 1.61 bits per heavy atom. The van der Waals surface area contributed by atoms with Gasteiger partial charge in [-0.3, -0.25) is 71.9 Å². The van der Waals surface area contributed by atoms with Crippen LogP contribution in [0.5, 0.6) is 0 Å². The zero-order chi connectivity index (χ0) is 65.6. The summed E-state index contributed by atoms with van der Waals surface area (Å²) in [6.45, 7) is 5.06. The molecule has 3 heterocycles. The first-order chi connectivity index (χ1) is 41.6. The van der Waals surface area contributed by atoms with Crippen molar-refractivity contribution in [3.8, 4) is 0 Å². The molecule has 0 aromatic rings. The summed E-state index contributed by atoms with van der Waals surface area (Å²) in [5, 5.41) is 62.4. The molecule has 31 nitrogen and oxygen atoms in total. The molecule has 3 aliphatic heterocycles. The van der Waals surface area contributed by atoms with E-state index in [9.17, 15) is 92.3 Å². The zero-order valence-corrected chi connectivity index (χ0v) is 50.8. The lowest BCUT2D eigenvalue weighted by atomic mass is 9.96. The molecule has 0 aromatic carbocycles. The number of aliphatic carboxylic acids is 3. The summed E-state index contributed by atoms with van der Waals surface area (Å²) in [7, 11) is 0. The van der Waals surface area contributed by atoms with E-state index in [1.54, 1.807) is 19.9 Å². The molecule has 0 bridgehead atoms. The summed E-state index contributed by atoms with van der Waals surface area (Å²) >= 11 is 0. The Kier molecular flexibility index (Phi) is 32.1. The number of nitrogens with one attached hydrogen (secondary N) is 10. The number of hydrogen-bond acceptors (Lipinski definition) is 16. The van der Waals surface area contributed by atoms with Crippen molar-refractivity contribution < 1.29 is 92.3 Å². The molecule has 3 saturated heterocycles. The van der Waals surface area contributed by atoms with Gasteiger partial charge in [0, 0.05) is 19.6 Å². The van der Waals surface area contributed by atoms with Crippen molar-refractivity contribution >= 4 is 88.8 Å². The summed E-state index contributed by atoms with van der Waals surface area (Å²) in [5.74, 6) is -17.2. The lowest BCUT2D eigenvalue weighted by Gasteiger charge is -2.37. The Morgan fingerprint density at radius 1 is 0.580 bits per heavy atom. The number of aliphatic hydroxyl groups is 1. The summed E-state index contributed by atoms with van der Waals surface area (Å²) in [4.78, 5) is 202. The lowest BCUT2D eigenvalue weighted by Crippen LogP contribution is -2.63. The Balaban J connectivity index is 2.02. The van der Waals surface area contributed by atoms with Gasteiger partial charge in [0.1, 0.15) is 48.3 Å². The number of carboxylic acid groups (broad SMARTS) is 3. The highest BCUT2D eigenvalue weighted by Gasteiger charge is 2.43. The van der Waals surface area contributed by atoms with Crippen molar-refractivity contribution in [2.24, 2.45) is 11.8 Å². The van der Waals surface area contributed by atoms with Gasteiger partial charge < -0.3 is 83.4 Å². The minimum atomic E-state index is -1.90. The first-order valence-electron chi connectivity index (χ1n) is 30.1. The van der Waals surface area contributed by atoms with Gasteiger partial charge in [0.25, 0.3) is 0 Å². The third-order valence-electron chi connectivity index (χ3n) is 15.1. The molecule has 3 fully saturated rings. The van der Waals surface area contributed by atoms with E-state index in [4.69, 9.17) is 0 Å². The second-order valence-electron chi connectivity index (χ2n) is 22.8. The van der Waals surface area contributed by atoms with E-state index < -0.39 is 195 Å². The highest BCUT2D eigenvalue weighted by atomic mass is 16.4. The second kappa shape index (κ2) is 38.1. The molecular weight excluding hydrogens is 1160 g/mol. The van der Waals surface area contributed by atoms with Crippen LogP contribution in [-0.4, -0.2) is 213 Å². The number of allylic oxidation sites excluding steroid dienone is 1. The monoisotopic (exact) mass is 1250 g/mol. The van der Waals surface area contributed by atoms with Crippen LogP contribution < -0.4 is 53.2 Å². The van der Waals surface area contributed by atoms with Crippen LogP contribution in [0.4, 0.5) is 0 Å². The van der Waals surface area contributed by atoms with Crippen LogP contribution >= 0.6 is 0 Å². The maximum absolute atomic E-state index is 14.8. The van der Waals surface area contributed by atoms with Crippen molar-refractivity contribution in [1.29, 1.82) is 0 Å². The third kappa shape index (κ3) is 26.0. The number of unbranched alkanes of at least 4 members (excludes halogenated alkanes) is 7. The molecule has 10 atom stereocenters. The van der Waals surface area contributed by atoms with Gasteiger partial charge in [0.05, 0.1) is 45.0 Å². The maximum atomic E-state index is 14.8. The minimum Gasteiger partial charge on any atom is -0.481 e. The Morgan fingerprint density at radius 2 is 1.08 bits per heavy atom. The van der Waals surface area contributed by atoms with E-state index in [1.807, 2.05) is 0 Å². The van der Waals surface area contributed by atoms with E-state index in [0.717, 1.165) is 50.0 Å². The van der Waals surface area contributed by atoms with Gasteiger partial charge in [-0.25, -0.2) is 0 Å². The van der Waals surface area contributed by atoms with E-state index in [1.165, 1.54) is 24.2 Å². The fourth-order valence-corrected chi connectivity index (χ4v) is 10.1. The molecule has 14 N–H and O–H groups in total. The summed E-state index contributed by atoms with van der Waals surface area (Å²) in [6.07, 6.45) is 8.26. The van der Waals surface area contributed by atoms with Crippen LogP contribution in [0.25, 0.3) is 0 Å². The van der Waals surface area contributed by atoms with Gasteiger partial charge in [-0.2, -0.15) is 0 Å². The van der Waals surface area contributed by atoms with Gasteiger partial charge in [0.15, 0.2) is 0 Å². The minimum absolute atomic E-state index is 0.0161. The van der Waals surface area contributed by atoms with Crippen LogP contribution in [0.3, 0.4) is 0 Å². The molecular formula is C57H90N12O19. The molecule has 31 heteroatoms. The highest BCUT2D eigenvalue weighted by Crippen LogP contribution is 2.23. The van der Waals surface area contributed by atoms with Crippen molar-refractivity contribution in [1.82, 2.24) is 63.0 Å². The fourth-order valence-electron chi connectivity index (χ4n) is 10.1. The van der Waals surface area contributed by atoms with Crippen molar-refractivity contribution in [2.45, 2.75) is 205 Å². The van der Waals surface area contributed by atoms with Crippen molar-refractivity contribution in [3.05, 3.63) is 12.2 Å². The number of carbonyl (C=O) groups excluding carboxylic acids is 12. The Labute approximate surface area is 510 Å². The van der Waals surface area contributed by atoms with Crippen LogP contribution in [0.2, 0.25) is 0 Å². The maximum Gasteiger partial charge on any atom is 0.305 e. The molecule has 2 unspecified atom stereocenters. The standard InChI is InChI=1S/C57H90N12O19/c1-6-33(4)48-57(88)69-24-18-21-40(69)53(84)58-28-38(65-52(83)37(27-47(79)80)62-41(71)22-15-13-11-9-7-8-10-12-14-19-32(2)3)56(87)68-23-17-16-20-39(68)54(85)61-30-43(73)64-35(25-45(75)76)50(81)59-29-42(72)63-36(26-46(77)78)51(82)60-31-44(74)66-49(34(5)70)55(86)67-48/h15,22,32-40,48-49,70H,6-14,16-21,23-31H2,1-5H3,(H,58,84)(H,59,81)(H,60,82)(H,61,85)(H,62,71)(H,63,72)(H,64,73)(H,65,83)(H,66,74)(H,67,86)(H,75,76)(H,77,78)(H,79,80)/b22-15+/t33-,34+,35-,36-,37-,38?,39?,40-,48-,49-/m0/s1. The van der Waals surface area contributed by atoms with Crippen molar-refractivity contribution in [3.63, 3.8) is 0 Å². The number of hydrogen-bond donors (Lipinski definition) is 14. The fraction of sp³-hybridized carbons (Fsp3) is 0.702. The third-order valence-corrected chi connectivity index (χ3v) is 15.1. The van der Waals surface area contributed by atoms with Gasteiger partial charge in [-0.05, 0) is 69.8 Å². The largest absolute Gasteiger partial charge is 0.481 e. The van der Waals surface area contributed by atoms with E-state index >= 15 is 0 Å². The average Bonchev–Trinajstić information content (AvgIpc) is 4.14. The van der Waals surface area contributed by atoms with E-state index in [-0.39, 0.29) is 38.8 Å². The number of carboxylic acids is 3. The molecule has 3 rings (SSSR count). The van der Waals surface area contributed by atoms with Gasteiger partial charge in [0.2, 0.25) is 70.9 Å². The lowest BCUT2D eigenvalue weighted by molar-refractivity contribution is -0.146. The SMILES string of the molecule is CC[C@H](C)[C@@H]1NC(=O)[C@H]([C@@H](C)O)NC(=O)CNC(=O)[C@H](CC(=O)O)NC(=O)CNC(=O)[C@H](CC(=O)O)NC(=O)CNC(=O)C2CCCCN2C(=O)C(NC(=O)[C@H](CC(=O)O)NC(=O)/C=C/CCCCCCCCCC(C)C)CNC(=O)[C@@H]2CCCN2C1=O.